The molecule has 6 nitrogen and oxygen atoms in total. The lowest BCUT2D eigenvalue weighted by molar-refractivity contribution is -0.178. The summed E-state index contributed by atoms with van der Waals surface area (Å²) in [6, 6.07) is 7.34. The van der Waals surface area contributed by atoms with Crippen molar-refractivity contribution >= 4 is 28.5 Å². The Morgan fingerprint density at radius 3 is 2.72 bits per heavy atom. The van der Waals surface area contributed by atoms with E-state index in [0.717, 1.165) is 28.8 Å². The average Bonchev–Trinajstić information content (AvgIpc) is 2.81. The minimum Gasteiger partial charge on any atom is -0.457 e. The van der Waals surface area contributed by atoms with Crippen LogP contribution in [0.4, 0.5) is 5.69 Å². The van der Waals surface area contributed by atoms with Gasteiger partial charge in [-0.2, -0.15) is 0 Å². The van der Waals surface area contributed by atoms with Crippen LogP contribution in [0.2, 0.25) is 0 Å². The van der Waals surface area contributed by atoms with Crippen molar-refractivity contribution in [3.05, 3.63) is 30.0 Å². The van der Waals surface area contributed by atoms with Gasteiger partial charge in [-0.05, 0) is 44.7 Å². The zero-order valence-corrected chi connectivity index (χ0v) is 15.4. The molecule has 2 heterocycles. The molecule has 25 heavy (non-hydrogen) atoms. The highest BCUT2D eigenvalue weighted by Gasteiger charge is 2.42. The molecule has 0 radical (unpaired) electrons. The highest BCUT2D eigenvalue weighted by atomic mass is 16.6. The van der Waals surface area contributed by atoms with Crippen molar-refractivity contribution in [3.8, 4) is 0 Å². The van der Waals surface area contributed by atoms with Gasteiger partial charge < -0.3 is 14.6 Å². The predicted molar refractivity (Wildman–Crippen MR) is 97.4 cm³/mol. The number of likely N-dealkylation sites (N-methyl/N-ethyl adjacent to an activating group) is 1. The van der Waals surface area contributed by atoms with Gasteiger partial charge in [-0.1, -0.05) is 6.92 Å². The number of anilines is 1. The summed E-state index contributed by atoms with van der Waals surface area (Å²) in [7, 11) is 1.95. The number of aromatic nitrogens is 1. The van der Waals surface area contributed by atoms with Crippen LogP contribution in [0.3, 0.4) is 0 Å². The SMILES string of the molecule is CCN1CC(C)(C)OC(=O)C1c1cc2cc(NC(C)=O)ccc2n1C. The molecule has 0 saturated carbocycles. The molecule has 6 heteroatoms. The summed E-state index contributed by atoms with van der Waals surface area (Å²) in [5.74, 6) is -0.322. The molecule has 3 rings (SSSR count). The van der Waals surface area contributed by atoms with Gasteiger partial charge in [0.05, 0.1) is 0 Å². The third-order valence-corrected chi connectivity index (χ3v) is 4.64. The number of carbonyl (C=O) groups is 2. The van der Waals surface area contributed by atoms with Gasteiger partial charge in [0, 0.05) is 42.8 Å². The second-order valence-corrected chi connectivity index (χ2v) is 7.23. The summed E-state index contributed by atoms with van der Waals surface area (Å²) in [5.41, 5.74) is 2.18. The summed E-state index contributed by atoms with van der Waals surface area (Å²) in [4.78, 5) is 26.1. The van der Waals surface area contributed by atoms with Crippen LogP contribution in [-0.2, 0) is 21.4 Å². The Kier molecular flexibility index (Phi) is 4.33. The molecule has 1 N–H and O–H groups in total. The van der Waals surface area contributed by atoms with Gasteiger partial charge in [0.2, 0.25) is 5.91 Å². The van der Waals surface area contributed by atoms with E-state index in [1.54, 1.807) is 0 Å². The topological polar surface area (TPSA) is 63.6 Å². The monoisotopic (exact) mass is 343 g/mol. The van der Waals surface area contributed by atoms with Crippen molar-refractivity contribution in [3.63, 3.8) is 0 Å². The number of carbonyl (C=O) groups excluding carboxylic acids is 2. The van der Waals surface area contributed by atoms with Gasteiger partial charge in [0.25, 0.3) is 0 Å². The Morgan fingerprint density at radius 1 is 1.36 bits per heavy atom. The van der Waals surface area contributed by atoms with Gasteiger partial charge in [-0.25, -0.2) is 4.79 Å². The van der Waals surface area contributed by atoms with Crippen LogP contribution in [0.25, 0.3) is 10.9 Å². The predicted octanol–water partition coefficient (Wildman–Crippen LogP) is 2.84. The minimum absolute atomic E-state index is 0.106. The lowest BCUT2D eigenvalue weighted by Gasteiger charge is -2.42. The zero-order chi connectivity index (χ0) is 18.4. The number of benzene rings is 1. The van der Waals surface area contributed by atoms with E-state index in [4.69, 9.17) is 4.74 Å². The van der Waals surface area contributed by atoms with Crippen LogP contribution in [0.15, 0.2) is 24.3 Å². The van der Waals surface area contributed by atoms with Crippen LogP contribution < -0.4 is 5.32 Å². The first-order chi connectivity index (χ1) is 11.7. The van der Waals surface area contributed by atoms with E-state index in [-0.39, 0.29) is 11.9 Å². The number of hydrogen-bond donors (Lipinski definition) is 1. The summed E-state index contributed by atoms with van der Waals surface area (Å²) in [6.45, 7) is 8.87. The number of ether oxygens (including phenoxy) is 1. The number of morpholine rings is 1. The van der Waals surface area contributed by atoms with E-state index in [1.807, 2.05) is 49.7 Å². The first kappa shape index (κ1) is 17.5. The van der Waals surface area contributed by atoms with E-state index >= 15 is 0 Å². The highest BCUT2D eigenvalue weighted by molar-refractivity contribution is 5.93. The molecule has 1 amide bonds. The quantitative estimate of drug-likeness (QED) is 0.871. The molecule has 0 spiro atoms. The molecule has 2 aromatic rings. The summed E-state index contributed by atoms with van der Waals surface area (Å²) in [6.07, 6.45) is 0. The Bertz CT molecular complexity index is 838. The molecule has 1 aliphatic heterocycles. The van der Waals surface area contributed by atoms with Crippen molar-refractivity contribution in [2.24, 2.45) is 7.05 Å². The number of rotatable bonds is 3. The third kappa shape index (κ3) is 3.26. The van der Waals surface area contributed by atoms with E-state index < -0.39 is 11.6 Å². The molecule has 1 aromatic carbocycles. The molecule has 1 aliphatic rings. The van der Waals surface area contributed by atoms with Gasteiger partial charge in [-0.3, -0.25) is 9.69 Å². The van der Waals surface area contributed by atoms with Crippen molar-refractivity contribution in [2.45, 2.75) is 39.3 Å². The van der Waals surface area contributed by atoms with Gasteiger partial charge in [-0.15, -0.1) is 0 Å². The normalized spacial score (nSPS) is 20.5. The molecule has 1 saturated heterocycles. The van der Waals surface area contributed by atoms with Crippen molar-refractivity contribution in [1.29, 1.82) is 0 Å². The van der Waals surface area contributed by atoms with Gasteiger partial charge in [0.15, 0.2) is 0 Å². The molecule has 1 aromatic heterocycles. The van der Waals surface area contributed by atoms with Crippen molar-refractivity contribution in [2.75, 3.05) is 18.4 Å². The van der Waals surface area contributed by atoms with Crippen LogP contribution in [-0.4, -0.2) is 40.0 Å². The van der Waals surface area contributed by atoms with Crippen molar-refractivity contribution < 1.29 is 14.3 Å². The number of esters is 1. The fourth-order valence-corrected chi connectivity index (χ4v) is 3.61. The molecule has 0 bridgehead atoms. The fraction of sp³-hybridized carbons (Fsp3) is 0.474. The first-order valence-electron chi connectivity index (χ1n) is 8.55. The summed E-state index contributed by atoms with van der Waals surface area (Å²) >= 11 is 0. The van der Waals surface area contributed by atoms with Gasteiger partial charge >= 0.3 is 5.97 Å². The number of amides is 1. The smallest absolute Gasteiger partial charge is 0.330 e. The number of nitrogens with one attached hydrogen (secondary N) is 1. The van der Waals surface area contributed by atoms with Crippen LogP contribution in [0.5, 0.6) is 0 Å². The molecule has 1 unspecified atom stereocenters. The second kappa shape index (κ2) is 6.19. The standard InChI is InChI=1S/C19H25N3O3/c1-6-22-11-19(3,4)25-18(24)17(22)16-10-13-9-14(20-12(2)23)7-8-15(13)21(16)5/h7-10,17H,6,11H2,1-5H3,(H,20,23). The van der Waals surface area contributed by atoms with Crippen LogP contribution in [0.1, 0.15) is 39.4 Å². The van der Waals surface area contributed by atoms with Gasteiger partial charge in [0.1, 0.15) is 11.6 Å². The second-order valence-electron chi connectivity index (χ2n) is 7.23. The molecule has 0 aliphatic carbocycles. The van der Waals surface area contributed by atoms with Crippen LogP contribution >= 0.6 is 0 Å². The lowest BCUT2D eigenvalue weighted by Crippen LogP contribution is -2.52. The Morgan fingerprint density at radius 2 is 2.08 bits per heavy atom. The van der Waals surface area contributed by atoms with E-state index in [2.05, 4.69) is 17.1 Å². The van der Waals surface area contributed by atoms with E-state index in [1.165, 1.54) is 6.92 Å². The summed E-state index contributed by atoms with van der Waals surface area (Å²) in [5, 5.41) is 3.78. The highest BCUT2D eigenvalue weighted by Crippen LogP contribution is 2.34. The molecule has 1 atom stereocenters. The third-order valence-electron chi connectivity index (χ3n) is 4.64. The first-order valence-corrected chi connectivity index (χ1v) is 8.55. The van der Waals surface area contributed by atoms with Crippen LogP contribution in [0, 0.1) is 0 Å². The van der Waals surface area contributed by atoms with Crippen molar-refractivity contribution in [1.82, 2.24) is 9.47 Å². The molecular weight excluding hydrogens is 318 g/mol. The maximum absolute atomic E-state index is 12.7. The Hall–Kier alpha value is -2.34. The maximum Gasteiger partial charge on any atom is 0.330 e. The molecule has 134 valence electrons. The fourth-order valence-electron chi connectivity index (χ4n) is 3.61. The minimum atomic E-state index is -0.479. The number of fused-ring (bicyclic) bond motifs is 1. The zero-order valence-electron chi connectivity index (χ0n) is 15.4. The average molecular weight is 343 g/mol. The number of nitrogens with zero attached hydrogens (tertiary/aromatic N) is 2. The Balaban J connectivity index is 2.04. The maximum atomic E-state index is 12.7. The lowest BCUT2D eigenvalue weighted by atomic mass is 10.0. The van der Waals surface area contributed by atoms with E-state index in [0.29, 0.717) is 6.54 Å². The summed E-state index contributed by atoms with van der Waals surface area (Å²) < 4.78 is 7.68. The number of aryl methyl sites for hydroxylation is 1. The molecule has 1 fully saturated rings. The Labute approximate surface area is 147 Å². The number of hydrogen-bond acceptors (Lipinski definition) is 4. The number of cyclic esters (lactones) is 1. The molecular formula is C19H25N3O3. The van der Waals surface area contributed by atoms with E-state index in [9.17, 15) is 9.59 Å². The largest absolute Gasteiger partial charge is 0.457 e.